The van der Waals surface area contributed by atoms with Crippen molar-refractivity contribution in [3.05, 3.63) is 113 Å². The number of fused-ring (bicyclic) bond motifs is 1. The zero-order chi connectivity index (χ0) is 30.5. The van der Waals surface area contributed by atoms with Gasteiger partial charge in [-0.1, -0.05) is 50.2 Å². The Morgan fingerprint density at radius 3 is 2.49 bits per heavy atom. The fraction of sp³-hybridized carbons (Fsp3) is 0.265. The van der Waals surface area contributed by atoms with Crippen molar-refractivity contribution in [2.45, 2.75) is 39.3 Å². The van der Waals surface area contributed by atoms with Gasteiger partial charge in [-0.2, -0.15) is 0 Å². The van der Waals surface area contributed by atoms with E-state index in [2.05, 4.69) is 4.98 Å². The first-order valence-electron chi connectivity index (χ1n) is 14.0. The van der Waals surface area contributed by atoms with Gasteiger partial charge >= 0.3 is 5.97 Å². The lowest BCUT2D eigenvalue weighted by atomic mass is 10.0. The molecule has 0 unspecified atom stereocenters. The van der Waals surface area contributed by atoms with E-state index < -0.39 is 11.8 Å². The number of halogens is 2. The van der Waals surface area contributed by atoms with Gasteiger partial charge in [0.05, 0.1) is 36.0 Å². The molecular weight excluding hydrogens is 552 g/mol. The smallest absolute Gasteiger partial charge is 0.337 e. The van der Waals surface area contributed by atoms with Crippen LogP contribution in [-0.2, 0) is 29.0 Å². The van der Waals surface area contributed by atoms with Crippen LogP contribution in [0.3, 0.4) is 0 Å². The molecule has 0 saturated heterocycles. The Bertz CT molecular complexity index is 1770. The second kappa shape index (κ2) is 13.1. The predicted molar refractivity (Wildman–Crippen MR) is 160 cm³/mol. The number of nitrogens with zero attached hydrogens (tertiary/aromatic N) is 3. The fourth-order valence-electron chi connectivity index (χ4n) is 4.97. The zero-order valence-corrected chi connectivity index (χ0v) is 24.6. The molecular formula is C34H33F2N3O4. The van der Waals surface area contributed by atoms with Crippen molar-refractivity contribution in [1.82, 2.24) is 14.5 Å². The number of esters is 1. The van der Waals surface area contributed by atoms with E-state index in [1.165, 1.54) is 13.2 Å². The molecule has 0 saturated carbocycles. The van der Waals surface area contributed by atoms with Crippen molar-refractivity contribution in [2.24, 2.45) is 0 Å². The van der Waals surface area contributed by atoms with Crippen molar-refractivity contribution >= 4 is 17.0 Å². The van der Waals surface area contributed by atoms with E-state index in [-0.39, 0.29) is 24.8 Å². The lowest BCUT2D eigenvalue weighted by Crippen LogP contribution is -2.10. The van der Waals surface area contributed by atoms with Gasteiger partial charge < -0.3 is 18.8 Å². The number of carbonyl (C=O) groups is 1. The third-order valence-corrected chi connectivity index (χ3v) is 7.29. The van der Waals surface area contributed by atoms with Crippen LogP contribution in [0, 0.1) is 11.6 Å². The molecule has 222 valence electrons. The van der Waals surface area contributed by atoms with Crippen molar-refractivity contribution in [2.75, 3.05) is 20.8 Å². The maximum Gasteiger partial charge on any atom is 0.337 e. The Balaban J connectivity index is 1.37. The lowest BCUT2D eigenvalue weighted by molar-refractivity contribution is 0.0601. The summed E-state index contributed by atoms with van der Waals surface area (Å²) >= 11 is 0. The number of carbonyl (C=O) groups excluding carboxylic acids is 1. The van der Waals surface area contributed by atoms with Gasteiger partial charge in [0, 0.05) is 37.3 Å². The van der Waals surface area contributed by atoms with Gasteiger partial charge in [0.15, 0.2) is 0 Å². The zero-order valence-electron chi connectivity index (χ0n) is 24.6. The summed E-state index contributed by atoms with van der Waals surface area (Å²) in [5.74, 6) is -0.106. The molecule has 43 heavy (non-hydrogen) atoms. The highest BCUT2D eigenvalue weighted by Gasteiger charge is 2.17. The molecule has 0 aliphatic heterocycles. The molecule has 3 aromatic carbocycles. The summed E-state index contributed by atoms with van der Waals surface area (Å²) in [5.41, 5.74) is 4.49. The number of hydrogen-bond acceptors (Lipinski definition) is 6. The fourth-order valence-corrected chi connectivity index (χ4v) is 4.97. The Kier molecular flexibility index (Phi) is 9.11. The quantitative estimate of drug-likeness (QED) is 0.154. The SMILES string of the molecule is COCCn1c(Cc2ccc(-c3cccc(OCc4cccc(C(C)C)c4F)n3)cc2F)nc2ccc(C(=O)OC)cc21. The molecule has 0 amide bonds. The lowest BCUT2D eigenvalue weighted by Gasteiger charge is -2.12. The minimum Gasteiger partial charge on any atom is -0.473 e. The van der Waals surface area contributed by atoms with Crippen LogP contribution in [0.4, 0.5) is 8.78 Å². The number of hydrogen-bond donors (Lipinski definition) is 0. The number of aromatic nitrogens is 3. The van der Waals surface area contributed by atoms with E-state index in [1.807, 2.05) is 24.5 Å². The highest BCUT2D eigenvalue weighted by atomic mass is 19.1. The molecule has 5 aromatic rings. The van der Waals surface area contributed by atoms with Crippen molar-refractivity contribution in [3.63, 3.8) is 0 Å². The summed E-state index contributed by atoms with van der Waals surface area (Å²) in [7, 11) is 2.94. The molecule has 9 heteroatoms. The van der Waals surface area contributed by atoms with Crippen LogP contribution >= 0.6 is 0 Å². The number of methoxy groups -OCH3 is 2. The van der Waals surface area contributed by atoms with Gasteiger partial charge in [-0.3, -0.25) is 0 Å². The Hall–Kier alpha value is -4.63. The Morgan fingerprint density at radius 1 is 0.930 bits per heavy atom. The van der Waals surface area contributed by atoms with Gasteiger partial charge in [-0.25, -0.2) is 23.5 Å². The molecule has 0 aliphatic carbocycles. The standard InChI is InChI=1S/C34H33F2N3O4/c1-21(2)26-8-5-7-25(33(26)36)20-43-32-10-6-9-28(38-32)23-12-11-22(27(35)17-23)19-31-37-29-14-13-24(34(40)42-4)18-30(29)39(31)15-16-41-3/h5-14,17-18,21H,15-16,19-20H2,1-4H3. The molecule has 0 bridgehead atoms. The van der Waals surface area contributed by atoms with E-state index >= 15 is 4.39 Å². The summed E-state index contributed by atoms with van der Waals surface area (Å²) in [6.45, 7) is 4.81. The van der Waals surface area contributed by atoms with Gasteiger partial charge in [-0.05, 0) is 47.4 Å². The van der Waals surface area contributed by atoms with Crippen LogP contribution in [-0.4, -0.2) is 41.3 Å². The first-order valence-corrected chi connectivity index (χ1v) is 14.0. The normalized spacial score (nSPS) is 11.3. The van der Waals surface area contributed by atoms with Crippen LogP contribution in [0.2, 0.25) is 0 Å². The monoisotopic (exact) mass is 585 g/mol. The summed E-state index contributed by atoms with van der Waals surface area (Å²) in [6.07, 6.45) is 0.232. The molecule has 5 rings (SSSR count). The third-order valence-electron chi connectivity index (χ3n) is 7.29. The molecule has 0 atom stereocenters. The summed E-state index contributed by atoms with van der Waals surface area (Å²) in [4.78, 5) is 21.3. The average Bonchev–Trinajstić information content (AvgIpc) is 3.35. The van der Waals surface area contributed by atoms with Crippen LogP contribution in [0.1, 0.15) is 52.6 Å². The van der Waals surface area contributed by atoms with Crippen LogP contribution in [0.25, 0.3) is 22.3 Å². The first-order chi connectivity index (χ1) is 20.8. The molecule has 7 nitrogen and oxygen atoms in total. The van der Waals surface area contributed by atoms with E-state index in [4.69, 9.17) is 19.2 Å². The van der Waals surface area contributed by atoms with Gasteiger partial charge in [-0.15, -0.1) is 0 Å². The Labute approximate surface area is 249 Å². The summed E-state index contributed by atoms with van der Waals surface area (Å²) in [6, 6.07) is 20.6. The maximum atomic E-state index is 15.5. The first kappa shape index (κ1) is 29.8. The maximum absolute atomic E-state index is 15.5. The van der Waals surface area contributed by atoms with E-state index in [0.717, 1.165) is 5.52 Å². The molecule has 2 heterocycles. The minimum atomic E-state index is -0.444. The topological polar surface area (TPSA) is 75.5 Å². The van der Waals surface area contributed by atoms with Crippen molar-refractivity contribution < 1.29 is 27.8 Å². The van der Waals surface area contributed by atoms with Crippen molar-refractivity contribution in [3.8, 4) is 17.1 Å². The number of rotatable bonds is 11. The Morgan fingerprint density at radius 2 is 1.74 bits per heavy atom. The second-order valence-electron chi connectivity index (χ2n) is 10.5. The predicted octanol–water partition coefficient (Wildman–Crippen LogP) is 7.10. The average molecular weight is 586 g/mol. The molecule has 0 radical (unpaired) electrons. The number of benzene rings is 3. The van der Waals surface area contributed by atoms with Crippen LogP contribution < -0.4 is 4.74 Å². The van der Waals surface area contributed by atoms with Crippen molar-refractivity contribution in [1.29, 1.82) is 0 Å². The van der Waals surface area contributed by atoms with Gasteiger partial charge in [0.1, 0.15) is 24.1 Å². The number of pyridine rings is 1. The largest absolute Gasteiger partial charge is 0.473 e. The van der Waals surface area contributed by atoms with Gasteiger partial charge in [0.25, 0.3) is 0 Å². The van der Waals surface area contributed by atoms with Crippen LogP contribution in [0.15, 0.2) is 72.8 Å². The summed E-state index contributed by atoms with van der Waals surface area (Å²) < 4.78 is 48.2. The van der Waals surface area contributed by atoms with E-state index in [9.17, 15) is 9.18 Å². The highest BCUT2D eigenvalue weighted by molar-refractivity contribution is 5.93. The van der Waals surface area contributed by atoms with E-state index in [1.54, 1.807) is 67.8 Å². The third kappa shape index (κ3) is 6.57. The molecule has 0 fully saturated rings. The minimum absolute atomic E-state index is 0.0291. The second-order valence-corrected chi connectivity index (χ2v) is 10.5. The number of imidazole rings is 1. The molecule has 0 spiro atoms. The molecule has 0 N–H and O–H groups in total. The van der Waals surface area contributed by atoms with Gasteiger partial charge in [0.2, 0.25) is 5.88 Å². The van der Waals surface area contributed by atoms with E-state index in [0.29, 0.717) is 63.9 Å². The highest BCUT2D eigenvalue weighted by Crippen LogP contribution is 2.27. The van der Waals surface area contributed by atoms with Crippen LogP contribution in [0.5, 0.6) is 5.88 Å². The molecule has 2 aromatic heterocycles. The molecule has 0 aliphatic rings. The summed E-state index contributed by atoms with van der Waals surface area (Å²) in [5, 5.41) is 0. The number of ether oxygens (including phenoxy) is 3.